The highest BCUT2D eigenvalue weighted by Crippen LogP contribution is 2.13. The fourth-order valence-corrected chi connectivity index (χ4v) is 1.53. The van der Waals surface area contributed by atoms with E-state index in [-0.39, 0.29) is 17.5 Å². The van der Waals surface area contributed by atoms with Gasteiger partial charge in [0.25, 0.3) is 5.91 Å². The van der Waals surface area contributed by atoms with Crippen LogP contribution in [0.4, 0.5) is 5.13 Å². The van der Waals surface area contributed by atoms with Crippen LogP contribution >= 0.6 is 11.3 Å². The van der Waals surface area contributed by atoms with Gasteiger partial charge in [-0.05, 0) is 0 Å². The maximum absolute atomic E-state index is 11.6. The van der Waals surface area contributed by atoms with Crippen LogP contribution in [0.15, 0.2) is 10.9 Å². The summed E-state index contributed by atoms with van der Waals surface area (Å²) >= 11 is 1.17. The molecule has 0 bridgehead atoms. The number of amides is 1. The summed E-state index contributed by atoms with van der Waals surface area (Å²) in [4.78, 5) is 15.3. The fraction of sp³-hybridized carbons (Fsp3) is 0.286. The number of aromatic nitrogens is 4. The van der Waals surface area contributed by atoms with Crippen molar-refractivity contribution >= 4 is 22.4 Å². The van der Waals surface area contributed by atoms with E-state index >= 15 is 0 Å². The zero-order valence-electron chi connectivity index (χ0n) is 8.30. The van der Waals surface area contributed by atoms with Crippen molar-refractivity contribution in [3.63, 3.8) is 0 Å². The highest BCUT2D eigenvalue weighted by atomic mass is 32.1. The molecule has 9 heteroatoms. The summed E-state index contributed by atoms with van der Waals surface area (Å²) in [7, 11) is 1.71. The molecule has 0 spiro atoms. The zero-order chi connectivity index (χ0) is 11.4. The molecule has 0 aliphatic carbocycles. The van der Waals surface area contributed by atoms with Crippen molar-refractivity contribution in [2.24, 2.45) is 0 Å². The van der Waals surface area contributed by atoms with Crippen molar-refractivity contribution in [3.05, 3.63) is 17.2 Å². The second-order valence-electron chi connectivity index (χ2n) is 2.69. The van der Waals surface area contributed by atoms with Crippen LogP contribution in [0, 0.1) is 0 Å². The Morgan fingerprint density at radius 3 is 3.06 bits per heavy atom. The summed E-state index contributed by atoms with van der Waals surface area (Å²) in [5, 5.41) is 17.3. The quantitative estimate of drug-likeness (QED) is 0.768. The molecule has 2 aromatic heterocycles. The van der Waals surface area contributed by atoms with E-state index < -0.39 is 0 Å². The van der Waals surface area contributed by atoms with Crippen LogP contribution in [0.2, 0.25) is 0 Å². The maximum Gasteiger partial charge on any atom is 0.282 e. The Kier molecular flexibility index (Phi) is 3.05. The van der Waals surface area contributed by atoms with Crippen molar-refractivity contribution in [3.8, 4) is 0 Å². The number of nitrogens with zero attached hydrogens (tertiary/aromatic N) is 4. The molecule has 0 aliphatic rings. The summed E-state index contributed by atoms with van der Waals surface area (Å²) in [6.07, 6.45) is 1.20. The van der Waals surface area contributed by atoms with Crippen LogP contribution in [0.25, 0.3) is 0 Å². The Morgan fingerprint density at radius 2 is 2.44 bits per heavy atom. The smallest absolute Gasteiger partial charge is 0.282 e. The molecular formula is C7H8N6O2S. The first-order valence-electron chi connectivity index (χ1n) is 4.34. The van der Waals surface area contributed by atoms with E-state index in [4.69, 9.17) is 0 Å². The van der Waals surface area contributed by atoms with Gasteiger partial charge in [-0.2, -0.15) is 4.98 Å². The number of carbonyl (C=O) groups excluding carboxylic acids is 1. The number of hydrogen-bond acceptors (Lipinski definition) is 8. The second-order valence-corrected chi connectivity index (χ2v) is 3.67. The highest BCUT2D eigenvalue weighted by molar-refractivity contribution is 7.17. The molecule has 0 aliphatic heterocycles. The monoisotopic (exact) mass is 240 g/mol. The van der Waals surface area contributed by atoms with Gasteiger partial charge in [-0.25, -0.2) is 0 Å². The van der Waals surface area contributed by atoms with E-state index in [0.29, 0.717) is 11.0 Å². The number of rotatable bonds is 4. The third-order valence-corrected chi connectivity index (χ3v) is 2.59. The second kappa shape index (κ2) is 4.66. The van der Waals surface area contributed by atoms with Crippen LogP contribution in [0.5, 0.6) is 0 Å². The van der Waals surface area contributed by atoms with Crippen LogP contribution in [-0.2, 0) is 6.54 Å². The van der Waals surface area contributed by atoms with Crippen LogP contribution in [0.1, 0.15) is 15.6 Å². The van der Waals surface area contributed by atoms with Gasteiger partial charge in [0.05, 0.1) is 6.54 Å². The van der Waals surface area contributed by atoms with Gasteiger partial charge in [-0.3, -0.25) is 4.79 Å². The lowest BCUT2D eigenvalue weighted by Crippen LogP contribution is -2.23. The SMILES string of the molecule is CNc1nnc(C(=O)NCc2ncon2)s1. The van der Waals surface area contributed by atoms with Crippen molar-refractivity contribution in [1.82, 2.24) is 25.7 Å². The van der Waals surface area contributed by atoms with Gasteiger partial charge in [0.1, 0.15) is 0 Å². The molecule has 0 fully saturated rings. The molecule has 0 aromatic carbocycles. The van der Waals surface area contributed by atoms with Gasteiger partial charge >= 0.3 is 0 Å². The zero-order valence-corrected chi connectivity index (χ0v) is 9.11. The Morgan fingerprint density at radius 1 is 1.56 bits per heavy atom. The Hall–Kier alpha value is -2.03. The van der Waals surface area contributed by atoms with E-state index in [1.807, 2.05) is 0 Å². The molecule has 2 N–H and O–H groups in total. The van der Waals surface area contributed by atoms with Crippen LogP contribution in [-0.4, -0.2) is 33.3 Å². The molecule has 8 nitrogen and oxygen atoms in total. The minimum atomic E-state index is -0.316. The molecular weight excluding hydrogens is 232 g/mol. The third-order valence-electron chi connectivity index (χ3n) is 1.65. The molecule has 0 unspecified atom stereocenters. The van der Waals surface area contributed by atoms with E-state index in [0.717, 1.165) is 0 Å². The molecule has 2 aromatic rings. The van der Waals surface area contributed by atoms with E-state index in [1.165, 1.54) is 17.7 Å². The van der Waals surface area contributed by atoms with Gasteiger partial charge in [0, 0.05) is 7.05 Å². The summed E-state index contributed by atoms with van der Waals surface area (Å²) < 4.78 is 4.53. The van der Waals surface area contributed by atoms with Crippen molar-refractivity contribution < 1.29 is 9.32 Å². The average Bonchev–Trinajstić information content (AvgIpc) is 2.96. The van der Waals surface area contributed by atoms with Gasteiger partial charge in [-0.15, -0.1) is 10.2 Å². The lowest BCUT2D eigenvalue weighted by atomic mass is 10.5. The highest BCUT2D eigenvalue weighted by Gasteiger charge is 2.12. The normalized spacial score (nSPS) is 10.1. The number of anilines is 1. The van der Waals surface area contributed by atoms with Gasteiger partial charge < -0.3 is 15.2 Å². The first-order chi connectivity index (χ1) is 7.79. The Bertz CT molecular complexity index is 467. The Balaban J connectivity index is 1.93. The summed E-state index contributed by atoms with van der Waals surface area (Å²) in [5.74, 6) is 0.0931. The minimum absolute atomic E-state index is 0.198. The largest absolute Gasteiger partial charge is 0.363 e. The third kappa shape index (κ3) is 2.31. The summed E-state index contributed by atoms with van der Waals surface area (Å²) in [6.45, 7) is 0.198. The molecule has 0 saturated heterocycles. The Labute approximate surface area is 94.1 Å². The lowest BCUT2D eigenvalue weighted by Gasteiger charge is -1.96. The molecule has 84 valence electrons. The number of nitrogens with one attached hydrogen (secondary N) is 2. The molecule has 1 amide bonds. The predicted molar refractivity (Wildman–Crippen MR) is 54.9 cm³/mol. The van der Waals surface area contributed by atoms with Crippen molar-refractivity contribution in [2.45, 2.75) is 6.54 Å². The first kappa shape index (κ1) is 10.5. The van der Waals surface area contributed by atoms with Gasteiger partial charge in [-0.1, -0.05) is 16.5 Å². The summed E-state index contributed by atoms with van der Waals surface area (Å²) in [5.41, 5.74) is 0. The fourth-order valence-electron chi connectivity index (χ4n) is 0.921. The van der Waals surface area contributed by atoms with E-state index in [1.54, 1.807) is 7.05 Å². The van der Waals surface area contributed by atoms with Crippen LogP contribution < -0.4 is 10.6 Å². The number of carbonyl (C=O) groups is 1. The number of hydrogen-bond donors (Lipinski definition) is 2. The molecule has 0 saturated carbocycles. The lowest BCUT2D eigenvalue weighted by molar-refractivity contribution is 0.0948. The molecule has 2 heterocycles. The standard InChI is InChI=1S/C7H8N6O2S/c1-8-7-12-11-6(16-7)5(14)9-2-4-10-3-15-13-4/h3H,2H2,1H3,(H,8,12)(H,9,14). The minimum Gasteiger partial charge on any atom is -0.363 e. The average molecular weight is 240 g/mol. The first-order valence-corrected chi connectivity index (χ1v) is 5.16. The van der Waals surface area contributed by atoms with Crippen molar-refractivity contribution in [1.29, 1.82) is 0 Å². The van der Waals surface area contributed by atoms with Gasteiger partial charge in [0.15, 0.2) is 5.82 Å². The van der Waals surface area contributed by atoms with E-state index in [2.05, 4.69) is 35.5 Å². The molecule has 0 atom stereocenters. The topological polar surface area (TPSA) is 106 Å². The molecule has 2 rings (SSSR count). The van der Waals surface area contributed by atoms with Crippen molar-refractivity contribution in [2.75, 3.05) is 12.4 Å². The van der Waals surface area contributed by atoms with E-state index in [9.17, 15) is 4.79 Å². The van der Waals surface area contributed by atoms with Crippen LogP contribution in [0.3, 0.4) is 0 Å². The van der Waals surface area contributed by atoms with Gasteiger partial charge in [0.2, 0.25) is 16.5 Å². The maximum atomic E-state index is 11.6. The molecule has 0 radical (unpaired) electrons. The summed E-state index contributed by atoms with van der Waals surface area (Å²) in [6, 6.07) is 0. The predicted octanol–water partition coefficient (Wildman–Crippen LogP) is -0.107. The molecule has 16 heavy (non-hydrogen) atoms.